The number of aryl methyl sites for hydroxylation is 1. The van der Waals surface area contributed by atoms with E-state index in [-0.39, 0.29) is 6.54 Å². The smallest absolute Gasteiger partial charge is 0.338 e. The number of imide groups is 1. The first kappa shape index (κ1) is 16.3. The monoisotopic (exact) mass is 316 g/mol. The average Bonchev–Trinajstić information content (AvgIpc) is 3.04. The molecule has 2 rings (SSSR count). The number of benzene rings is 1. The molecule has 0 aliphatic rings. The molecule has 1 aromatic heterocycles. The maximum absolute atomic E-state index is 11.8. The van der Waals surface area contributed by atoms with E-state index < -0.39 is 24.5 Å². The summed E-state index contributed by atoms with van der Waals surface area (Å²) < 4.78 is 9.90. The van der Waals surface area contributed by atoms with Gasteiger partial charge in [-0.3, -0.25) is 10.1 Å². The molecule has 23 heavy (non-hydrogen) atoms. The van der Waals surface area contributed by atoms with Crippen LogP contribution in [0.5, 0.6) is 0 Å². The van der Waals surface area contributed by atoms with Gasteiger partial charge in [0.15, 0.2) is 6.61 Å². The van der Waals surface area contributed by atoms with Gasteiger partial charge in [0.05, 0.1) is 18.4 Å². The van der Waals surface area contributed by atoms with Crippen LogP contribution in [0.1, 0.15) is 21.7 Å². The van der Waals surface area contributed by atoms with Crippen LogP contribution in [0.3, 0.4) is 0 Å². The number of nitrogens with one attached hydrogen (secondary N) is 2. The number of rotatable bonds is 5. The van der Waals surface area contributed by atoms with E-state index in [2.05, 4.69) is 10.6 Å². The lowest BCUT2D eigenvalue weighted by atomic mass is 10.1. The first-order valence-corrected chi connectivity index (χ1v) is 6.89. The molecular weight excluding hydrogens is 300 g/mol. The van der Waals surface area contributed by atoms with Crippen LogP contribution in [0.25, 0.3) is 0 Å². The van der Waals surface area contributed by atoms with E-state index in [0.29, 0.717) is 11.3 Å². The third-order valence-electron chi connectivity index (χ3n) is 2.96. The van der Waals surface area contributed by atoms with E-state index in [1.807, 2.05) is 0 Å². The molecule has 0 bridgehead atoms. The molecule has 1 heterocycles. The standard InChI is InChI=1S/C16H16N2O5/c1-11-5-2-3-7-13(11)15(20)23-10-14(19)18-16(21)17-9-12-6-4-8-22-12/h2-8H,9-10H2,1H3,(H2,17,18,19,21). The minimum Gasteiger partial charge on any atom is -0.467 e. The molecule has 0 aliphatic carbocycles. The van der Waals surface area contributed by atoms with Gasteiger partial charge in [0.1, 0.15) is 5.76 Å². The molecule has 7 nitrogen and oxygen atoms in total. The molecule has 0 radical (unpaired) electrons. The normalized spacial score (nSPS) is 9.96. The summed E-state index contributed by atoms with van der Waals surface area (Å²) in [4.78, 5) is 34.9. The lowest BCUT2D eigenvalue weighted by molar-refractivity contribution is -0.123. The van der Waals surface area contributed by atoms with E-state index in [1.165, 1.54) is 6.26 Å². The Morgan fingerprint density at radius 1 is 1.13 bits per heavy atom. The van der Waals surface area contributed by atoms with Crippen LogP contribution in [0, 0.1) is 6.92 Å². The lowest BCUT2D eigenvalue weighted by Crippen LogP contribution is -2.41. The summed E-state index contributed by atoms with van der Waals surface area (Å²) >= 11 is 0. The number of hydrogen-bond acceptors (Lipinski definition) is 5. The number of urea groups is 1. The van der Waals surface area contributed by atoms with Crippen molar-refractivity contribution in [3.8, 4) is 0 Å². The first-order chi connectivity index (χ1) is 11.1. The number of esters is 1. The van der Waals surface area contributed by atoms with Crippen molar-refractivity contribution in [3.05, 3.63) is 59.5 Å². The van der Waals surface area contributed by atoms with Gasteiger partial charge in [0.2, 0.25) is 0 Å². The van der Waals surface area contributed by atoms with Gasteiger partial charge in [0.25, 0.3) is 5.91 Å². The molecule has 2 N–H and O–H groups in total. The summed E-state index contributed by atoms with van der Waals surface area (Å²) in [6.45, 7) is 1.37. The Morgan fingerprint density at radius 2 is 1.91 bits per heavy atom. The Balaban J connectivity index is 1.73. The molecule has 0 unspecified atom stereocenters. The van der Waals surface area contributed by atoms with Gasteiger partial charge in [-0.15, -0.1) is 0 Å². The van der Waals surface area contributed by atoms with Gasteiger partial charge in [-0.05, 0) is 30.7 Å². The van der Waals surface area contributed by atoms with Crippen LogP contribution >= 0.6 is 0 Å². The Bertz CT molecular complexity index is 694. The zero-order valence-electron chi connectivity index (χ0n) is 12.5. The number of amides is 3. The fourth-order valence-corrected chi connectivity index (χ4v) is 1.80. The predicted octanol–water partition coefficient (Wildman–Crippen LogP) is 1.77. The van der Waals surface area contributed by atoms with Gasteiger partial charge in [-0.25, -0.2) is 9.59 Å². The highest BCUT2D eigenvalue weighted by Gasteiger charge is 2.13. The van der Waals surface area contributed by atoms with E-state index in [0.717, 1.165) is 5.56 Å². The molecule has 0 atom stereocenters. The molecule has 0 saturated carbocycles. The van der Waals surface area contributed by atoms with Gasteiger partial charge in [-0.1, -0.05) is 18.2 Å². The Morgan fingerprint density at radius 3 is 2.61 bits per heavy atom. The second-order valence-electron chi connectivity index (χ2n) is 4.70. The second-order valence-corrected chi connectivity index (χ2v) is 4.70. The Hall–Kier alpha value is -3.09. The molecule has 0 fully saturated rings. The molecule has 2 aromatic rings. The quantitative estimate of drug-likeness (QED) is 0.819. The summed E-state index contributed by atoms with van der Waals surface area (Å²) in [5, 5.41) is 4.50. The van der Waals surface area contributed by atoms with Gasteiger partial charge < -0.3 is 14.5 Å². The van der Waals surface area contributed by atoms with Crippen LogP contribution in [-0.4, -0.2) is 24.5 Å². The maximum Gasteiger partial charge on any atom is 0.338 e. The van der Waals surface area contributed by atoms with Crippen LogP contribution in [-0.2, 0) is 16.1 Å². The summed E-state index contributed by atoms with van der Waals surface area (Å²) in [5.74, 6) is -0.781. The van der Waals surface area contributed by atoms with Gasteiger partial charge in [-0.2, -0.15) is 0 Å². The van der Waals surface area contributed by atoms with Crippen molar-refractivity contribution in [3.63, 3.8) is 0 Å². The van der Waals surface area contributed by atoms with Crippen molar-refractivity contribution < 1.29 is 23.5 Å². The van der Waals surface area contributed by atoms with Crippen molar-refractivity contribution in [1.82, 2.24) is 10.6 Å². The first-order valence-electron chi connectivity index (χ1n) is 6.89. The Kier molecular flexibility index (Phi) is 5.51. The highest BCUT2D eigenvalue weighted by atomic mass is 16.5. The molecule has 0 saturated heterocycles. The van der Waals surface area contributed by atoms with Crippen LogP contribution in [0.4, 0.5) is 4.79 Å². The van der Waals surface area contributed by atoms with Crippen molar-refractivity contribution in [2.45, 2.75) is 13.5 Å². The highest BCUT2D eigenvalue weighted by molar-refractivity contribution is 5.97. The van der Waals surface area contributed by atoms with E-state index in [4.69, 9.17) is 9.15 Å². The van der Waals surface area contributed by atoms with E-state index in [9.17, 15) is 14.4 Å². The summed E-state index contributed by atoms with van der Waals surface area (Å²) in [6, 6.07) is 9.54. The maximum atomic E-state index is 11.8. The molecule has 0 spiro atoms. The lowest BCUT2D eigenvalue weighted by Gasteiger charge is -2.08. The molecule has 1 aromatic carbocycles. The topological polar surface area (TPSA) is 97.6 Å². The predicted molar refractivity (Wildman–Crippen MR) is 80.5 cm³/mol. The number of carbonyl (C=O) groups is 3. The van der Waals surface area contributed by atoms with Crippen molar-refractivity contribution in [1.29, 1.82) is 0 Å². The average molecular weight is 316 g/mol. The minimum absolute atomic E-state index is 0.148. The summed E-state index contributed by atoms with van der Waals surface area (Å²) in [6.07, 6.45) is 1.48. The van der Waals surface area contributed by atoms with E-state index >= 15 is 0 Å². The zero-order chi connectivity index (χ0) is 16.7. The zero-order valence-corrected chi connectivity index (χ0v) is 12.5. The number of ether oxygens (including phenoxy) is 1. The largest absolute Gasteiger partial charge is 0.467 e. The van der Waals surface area contributed by atoms with Crippen LogP contribution in [0.2, 0.25) is 0 Å². The number of furan rings is 1. The van der Waals surface area contributed by atoms with Crippen LogP contribution in [0.15, 0.2) is 47.1 Å². The Labute approximate surface area is 132 Å². The van der Waals surface area contributed by atoms with Crippen molar-refractivity contribution in [2.24, 2.45) is 0 Å². The fourth-order valence-electron chi connectivity index (χ4n) is 1.80. The van der Waals surface area contributed by atoms with E-state index in [1.54, 1.807) is 43.3 Å². The molecule has 0 aliphatic heterocycles. The number of carbonyl (C=O) groups excluding carboxylic acids is 3. The third-order valence-corrected chi connectivity index (χ3v) is 2.96. The molecule has 3 amide bonds. The number of hydrogen-bond donors (Lipinski definition) is 2. The SMILES string of the molecule is Cc1ccccc1C(=O)OCC(=O)NC(=O)NCc1ccco1. The van der Waals surface area contributed by atoms with Crippen LogP contribution < -0.4 is 10.6 Å². The van der Waals surface area contributed by atoms with Gasteiger partial charge >= 0.3 is 12.0 Å². The molecular formula is C16H16N2O5. The highest BCUT2D eigenvalue weighted by Crippen LogP contribution is 2.08. The fraction of sp³-hybridized carbons (Fsp3) is 0.188. The summed E-state index contributed by atoms with van der Waals surface area (Å²) in [5.41, 5.74) is 1.12. The third kappa shape index (κ3) is 4.99. The minimum atomic E-state index is -0.719. The second kappa shape index (κ2) is 7.79. The van der Waals surface area contributed by atoms with Gasteiger partial charge in [0, 0.05) is 0 Å². The van der Waals surface area contributed by atoms with Crippen molar-refractivity contribution in [2.75, 3.05) is 6.61 Å². The molecule has 120 valence electrons. The summed E-state index contributed by atoms with van der Waals surface area (Å²) in [7, 11) is 0. The molecule has 7 heteroatoms. The van der Waals surface area contributed by atoms with Crippen molar-refractivity contribution >= 4 is 17.9 Å².